The van der Waals surface area contributed by atoms with Gasteiger partial charge in [0.25, 0.3) is 0 Å². The summed E-state index contributed by atoms with van der Waals surface area (Å²) in [5, 5.41) is 3.88. The van der Waals surface area contributed by atoms with E-state index in [1.165, 1.54) is 62.9 Å². The first-order chi connectivity index (χ1) is 10.4. The highest BCUT2D eigenvalue weighted by Gasteiger charge is 2.39. The van der Waals surface area contributed by atoms with Crippen molar-refractivity contribution in [2.24, 2.45) is 11.8 Å². The van der Waals surface area contributed by atoms with Crippen molar-refractivity contribution in [3.05, 3.63) is 16.6 Å². The van der Waals surface area contributed by atoms with Gasteiger partial charge in [0, 0.05) is 42.8 Å². The third-order valence-electron chi connectivity index (χ3n) is 5.72. The van der Waals surface area contributed by atoms with E-state index in [0.29, 0.717) is 0 Å². The molecular formula is C17H27N3S. The third kappa shape index (κ3) is 3.33. The highest BCUT2D eigenvalue weighted by atomic mass is 32.1. The van der Waals surface area contributed by atoms with Gasteiger partial charge in [-0.2, -0.15) is 0 Å². The number of rotatable bonds is 4. The Morgan fingerprint density at radius 3 is 2.71 bits per heavy atom. The molecule has 0 spiro atoms. The fraction of sp³-hybridized carbons (Fsp3) is 0.824. The summed E-state index contributed by atoms with van der Waals surface area (Å²) in [4.78, 5) is 8.50. The minimum atomic E-state index is 0.748. The number of nitrogens with zero attached hydrogens (tertiary/aromatic N) is 2. The quantitative estimate of drug-likeness (QED) is 0.925. The van der Waals surface area contributed by atoms with Gasteiger partial charge in [-0.25, -0.2) is 0 Å². The van der Waals surface area contributed by atoms with Crippen LogP contribution in [0.25, 0.3) is 0 Å². The Labute approximate surface area is 132 Å². The molecule has 2 saturated carbocycles. The summed E-state index contributed by atoms with van der Waals surface area (Å²) in [7, 11) is 0. The molecule has 116 valence electrons. The first kappa shape index (κ1) is 14.2. The molecule has 0 amide bonds. The largest absolute Gasteiger partial charge is 0.311 e. The Morgan fingerprint density at radius 1 is 1.14 bits per heavy atom. The second-order valence-corrected chi connectivity index (χ2v) is 8.19. The smallest absolute Gasteiger partial charge is 0.0794 e. The van der Waals surface area contributed by atoms with Crippen LogP contribution in [0.5, 0.6) is 0 Å². The van der Waals surface area contributed by atoms with Crippen molar-refractivity contribution in [2.45, 2.75) is 63.6 Å². The molecular weight excluding hydrogens is 278 g/mol. The summed E-state index contributed by atoms with van der Waals surface area (Å²) >= 11 is 1.82. The summed E-state index contributed by atoms with van der Waals surface area (Å²) in [5.74, 6) is 1.88. The molecule has 2 atom stereocenters. The summed E-state index contributed by atoms with van der Waals surface area (Å²) in [6.07, 6.45) is 12.2. The molecule has 1 aromatic heterocycles. The Kier molecular flexibility index (Phi) is 4.28. The van der Waals surface area contributed by atoms with Crippen LogP contribution in [0.4, 0.5) is 0 Å². The fourth-order valence-corrected chi connectivity index (χ4v) is 4.97. The van der Waals surface area contributed by atoms with E-state index in [1.807, 2.05) is 16.8 Å². The zero-order valence-corrected chi connectivity index (χ0v) is 13.7. The maximum Gasteiger partial charge on any atom is 0.0794 e. The summed E-state index contributed by atoms with van der Waals surface area (Å²) < 4.78 is 0. The van der Waals surface area contributed by atoms with Crippen molar-refractivity contribution in [1.29, 1.82) is 0 Å². The predicted molar refractivity (Wildman–Crippen MR) is 87.4 cm³/mol. The fourth-order valence-electron chi connectivity index (χ4n) is 4.35. The molecule has 0 radical (unpaired) electrons. The van der Waals surface area contributed by atoms with Crippen LogP contribution in [0.15, 0.2) is 11.7 Å². The average molecular weight is 305 g/mol. The Morgan fingerprint density at radius 2 is 2.00 bits per heavy atom. The van der Waals surface area contributed by atoms with E-state index in [1.54, 1.807) is 0 Å². The van der Waals surface area contributed by atoms with Crippen LogP contribution >= 0.6 is 11.3 Å². The third-order valence-corrected chi connectivity index (χ3v) is 6.48. The molecule has 2 unspecified atom stereocenters. The monoisotopic (exact) mass is 305 g/mol. The summed E-state index contributed by atoms with van der Waals surface area (Å²) in [5.41, 5.74) is 1.98. The van der Waals surface area contributed by atoms with Crippen molar-refractivity contribution in [2.75, 3.05) is 13.1 Å². The first-order valence-electron chi connectivity index (χ1n) is 8.75. The van der Waals surface area contributed by atoms with Crippen LogP contribution in [0.2, 0.25) is 0 Å². The van der Waals surface area contributed by atoms with Gasteiger partial charge in [0.05, 0.1) is 5.51 Å². The minimum Gasteiger partial charge on any atom is -0.311 e. The molecule has 3 aliphatic rings. The van der Waals surface area contributed by atoms with Gasteiger partial charge in [-0.05, 0) is 37.5 Å². The van der Waals surface area contributed by atoms with Crippen molar-refractivity contribution in [3.63, 3.8) is 0 Å². The molecule has 3 nitrogen and oxygen atoms in total. The molecule has 3 fully saturated rings. The Balaban J connectivity index is 1.46. The van der Waals surface area contributed by atoms with Gasteiger partial charge in [0.2, 0.25) is 0 Å². The van der Waals surface area contributed by atoms with Crippen LogP contribution in [0, 0.1) is 11.8 Å². The lowest BCUT2D eigenvalue weighted by Gasteiger charge is -2.45. The maximum atomic E-state index is 4.27. The van der Waals surface area contributed by atoms with E-state index >= 15 is 0 Å². The SMILES string of the molecule is c1ncc(CN2CC(C3CC3)NCC2C2CCCCC2)s1. The zero-order chi connectivity index (χ0) is 14.1. The van der Waals surface area contributed by atoms with Gasteiger partial charge >= 0.3 is 0 Å². The number of hydrogen-bond donors (Lipinski definition) is 1. The lowest BCUT2D eigenvalue weighted by molar-refractivity contribution is 0.0614. The molecule has 1 aliphatic heterocycles. The van der Waals surface area contributed by atoms with Crippen LogP contribution in [0.3, 0.4) is 0 Å². The summed E-state index contributed by atoms with van der Waals surface area (Å²) in [6.45, 7) is 3.59. The Bertz CT molecular complexity index is 437. The molecule has 1 aromatic rings. The van der Waals surface area contributed by atoms with Crippen molar-refractivity contribution >= 4 is 11.3 Å². The van der Waals surface area contributed by atoms with Crippen LogP contribution in [-0.2, 0) is 6.54 Å². The van der Waals surface area contributed by atoms with Crippen LogP contribution < -0.4 is 5.32 Å². The van der Waals surface area contributed by atoms with Gasteiger partial charge < -0.3 is 5.32 Å². The standard InChI is InChI=1S/C17H27N3S/c1-2-4-14(5-3-1)17-9-19-16(13-6-7-13)11-20(17)10-15-8-18-12-21-15/h8,12-14,16-17,19H,1-7,9-11H2. The lowest BCUT2D eigenvalue weighted by Crippen LogP contribution is -2.59. The van der Waals surface area contributed by atoms with E-state index < -0.39 is 0 Å². The molecule has 0 bridgehead atoms. The van der Waals surface area contributed by atoms with Gasteiger partial charge in [-0.1, -0.05) is 19.3 Å². The topological polar surface area (TPSA) is 28.2 Å². The number of nitrogens with one attached hydrogen (secondary N) is 1. The highest BCUT2D eigenvalue weighted by Crippen LogP contribution is 2.37. The van der Waals surface area contributed by atoms with E-state index in [-0.39, 0.29) is 0 Å². The molecule has 4 rings (SSSR count). The average Bonchev–Trinajstić information content (AvgIpc) is 3.26. The first-order valence-corrected chi connectivity index (χ1v) is 9.63. The number of hydrogen-bond acceptors (Lipinski definition) is 4. The van der Waals surface area contributed by atoms with Crippen LogP contribution in [0.1, 0.15) is 49.8 Å². The van der Waals surface area contributed by atoms with Crippen molar-refractivity contribution in [1.82, 2.24) is 15.2 Å². The van der Waals surface area contributed by atoms with E-state index in [9.17, 15) is 0 Å². The number of piperazine rings is 1. The molecule has 1 N–H and O–H groups in total. The highest BCUT2D eigenvalue weighted by molar-refractivity contribution is 7.09. The number of thiazole rings is 1. The minimum absolute atomic E-state index is 0.748. The van der Waals surface area contributed by atoms with Gasteiger partial charge in [-0.3, -0.25) is 9.88 Å². The summed E-state index contributed by atoms with van der Waals surface area (Å²) in [6, 6.07) is 1.50. The Hall–Kier alpha value is -0.450. The lowest BCUT2D eigenvalue weighted by atomic mass is 9.82. The molecule has 0 aromatic carbocycles. The van der Waals surface area contributed by atoms with Gasteiger partial charge in [-0.15, -0.1) is 11.3 Å². The van der Waals surface area contributed by atoms with Gasteiger partial charge in [0.1, 0.15) is 0 Å². The second-order valence-electron chi connectivity index (χ2n) is 7.21. The maximum absolute atomic E-state index is 4.27. The van der Waals surface area contributed by atoms with E-state index in [4.69, 9.17) is 0 Å². The van der Waals surface area contributed by atoms with E-state index in [2.05, 4.69) is 21.4 Å². The van der Waals surface area contributed by atoms with Crippen molar-refractivity contribution in [3.8, 4) is 0 Å². The van der Waals surface area contributed by atoms with Crippen molar-refractivity contribution < 1.29 is 0 Å². The van der Waals surface area contributed by atoms with Crippen LogP contribution in [-0.4, -0.2) is 35.1 Å². The molecule has 4 heteroatoms. The van der Waals surface area contributed by atoms with E-state index in [0.717, 1.165) is 30.5 Å². The molecule has 2 heterocycles. The molecule has 21 heavy (non-hydrogen) atoms. The second kappa shape index (κ2) is 6.35. The van der Waals surface area contributed by atoms with Gasteiger partial charge in [0.15, 0.2) is 0 Å². The molecule has 2 aliphatic carbocycles. The normalized spacial score (nSPS) is 32.4. The molecule has 1 saturated heterocycles. The predicted octanol–water partition coefficient (Wildman–Crippen LogP) is 3.28. The zero-order valence-electron chi connectivity index (χ0n) is 12.8. The number of aromatic nitrogens is 1.